The van der Waals surface area contributed by atoms with Gasteiger partial charge in [-0.15, -0.1) is 11.3 Å². The molecule has 150 valence electrons. The van der Waals surface area contributed by atoms with Gasteiger partial charge in [0, 0.05) is 10.9 Å². The lowest BCUT2D eigenvalue weighted by atomic mass is 9.88. The summed E-state index contributed by atoms with van der Waals surface area (Å²) in [5.74, 6) is 0.105. The van der Waals surface area contributed by atoms with Crippen LogP contribution in [-0.4, -0.2) is 25.0 Å². The summed E-state index contributed by atoms with van der Waals surface area (Å²) in [6, 6.07) is 10.1. The summed E-state index contributed by atoms with van der Waals surface area (Å²) in [5.41, 5.74) is 2.74. The lowest BCUT2D eigenvalue weighted by Crippen LogP contribution is -2.30. The maximum absolute atomic E-state index is 12.5. The number of anilines is 1. The van der Waals surface area contributed by atoms with Crippen molar-refractivity contribution in [2.75, 3.05) is 18.5 Å². The fourth-order valence-electron chi connectivity index (χ4n) is 3.53. The van der Waals surface area contributed by atoms with Gasteiger partial charge >= 0.3 is 5.97 Å². The summed E-state index contributed by atoms with van der Waals surface area (Å²) in [6.45, 7) is 6.55. The molecule has 0 radical (unpaired) electrons. The van der Waals surface area contributed by atoms with Crippen LogP contribution in [0.15, 0.2) is 30.3 Å². The zero-order chi connectivity index (χ0) is 20.1. The van der Waals surface area contributed by atoms with E-state index >= 15 is 0 Å². The Morgan fingerprint density at radius 1 is 1.29 bits per heavy atom. The summed E-state index contributed by atoms with van der Waals surface area (Å²) >= 11 is 1.52. The number of carbonyl (C=O) groups is 2. The minimum Gasteiger partial charge on any atom is -0.462 e. The van der Waals surface area contributed by atoms with E-state index < -0.39 is 0 Å². The summed E-state index contributed by atoms with van der Waals surface area (Å²) in [7, 11) is 0. The number of esters is 1. The van der Waals surface area contributed by atoms with E-state index in [2.05, 4.69) is 17.6 Å². The molecule has 0 aliphatic heterocycles. The van der Waals surface area contributed by atoms with E-state index in [9.17, 15) is 9.59 Å². The molecule has 0 unspecified atom stereocenters. The highest BCUT2D eigenvalue weighted by Gasteiger charge is 2.29. The van der Waals surface area contributed by atoms with Gasteiger partial charge in [-0.3, -0.25) is 4.79 Å². The Morgan fingerprint density at radius 2 is 2.04 bits per heavy atom. The van der Waals surface area contributed by atoms with Gasteiger partial charge in [0.2, 0.25) is 5.91 Å². The number of ether oxygens (including phenoxy) is 1. The summed E-state index contributed by atoms with van der Waals surface area (Å²) in [6.07, 6.45) is 2.87. The van der Waals surface area contributed by atoms with Gasteiger partial charge in [0.05, 0.1) is 18.7 Å². The molecular weight excluding hydrogens is 372 g/mol. The van der Waals surface area contributed by atoms with Crippen LogP contribution in [0.3, 0.4) is 0 Å². The molecule has 3 rings (SSSR count). The second kappa shape index (κ2) is 9.34. The average molecular weight is 401 g/mol. The first-order chi connectivity index (χ1) is 13.5. The molecule has 0 spiro atoms. The van der Waals surface area contributed by atoms with Gasteiger partial charge in [0.1, 0.15) is 5.00 Å². The molecule has 0 saturated heterocycles. The fourth-order valence-corrected chi connectivity index (χ4v) is 4.95. The Morgan fingerprint density at radius 3 is 2.75 bits per heavy atom. The Kier molecular flexibility index (Phi) is 6.86. The van der Waals surface area contributed by atoms with E-state index in [4.69, 9.17) is 4.74 Å². The smallest absolute Gasteiger partial charge is 0.341 e. The lowest BCUT2D eigenvalue weighted by Gasteiger charge is -2.18. The topological polar surface area (TPSA) is 67.4 Å². The number of nitrogens with one attached hydrogen (secondary N) is 2. The highest BCUT2D eigenvalue weighted by Crippen LogP contribution is 2.40. The summed E-state index contributed by atoms with van der Waals surface area (Å²) < 4.78 is 5.26. The van der Waals surface area contributed by atoms with Crippen LogP contribution < -0.4 is 10.6 Å². The van der Waals surface area contributed by atoms with E-state index in [0.29, 0.717) is 23.1 Å². The molecule has 0 bridgehead atoms. The molecule has 1 aromatic heterocycles. The maximum Gasteiger partial charge on any atom is 0.341 e. The van der Waals surface area contributed by atoms with Crippen molar-refractivity contribution < 1.29 is 14.3 Å². The summed E-state index contributed by atoms with van der Waals surface area (Å²) in [4.78, 5) is 26.3. The normalized spacial score (nSPS) is 16.9. The van der Waals surface area contributed by atoms with Crippen LogP contribution in [-0.2, 0) is 22.4 Å². The van der Waals surface area contributed by atoms with Crippen molar-refractivity contribution in [2.45, 2.75) is 46.1 Å². The molecular formula is C22H28N2O3S. The first-order valence-corrected chi connectivity index (χ1v) is 10.7. The monoisotopic (exact) mass is 400 g/mol. The molecule has 2 N–H and O–H groups in total. The van der Waals surface area contributed by atoms with Crippen molar-refractivity contribution in [3.63, 3.8) is 0 Å². The van der Waals surface area contributed by atoms with Gasteiger partial charge in [-0.1, -0.05) is 37.3 Å². The fraction of sp³-hybridized carbons (Fsp3) is 0.455. The van der Waals surface area contributed by atoms with Crippen LogP contribution in [0.2, 0.25) is 0 Å². The van der Waals surface area contributed by atoms with E-state index in [1.54, 1.807) is 6.92 Å². The number of carbonyl (C=O) groups excluding carboxylic acids is 2. The molecule has 1 amide bonds. The highest BCUT2D eigenvalue weighted by molar-refractivity contribution is 7.17. The van der Waals surface area contributed by atoms with Crippen LogP contribution >= 0.6 is 11.3 Å². The van der Waals surface area contributed by atoms with Crippen LogP contribution in [0.4, 0.5) is 5.00 Å². The third kappa shape index (κ3) is 4.80. The molecule has 0 saturated carbocycles. The van der Waals surface area contributed by atoms with Crippen molar-refractivity contribution in [1.29, 1.82) is 0 Å². The van der Waals surface area contributed by atoms with Crippen molar-refractivity contribution in [3.05, 3.63) is 51.9 Å². The number of amides is 1. The molecule has 2 aromatic rings. The van der Waals surface area contributed by atoms with Gasteiger partial charge in [0.25, 0.3) is 0 Å². The maximum atomic E-state index is 12.5. The number of rotatable bonds is 7. The molecule has 5 nitrogen and oxygen atoms in total. The number of hydrogen-bond donors (Lipinski definition) is 2. The number of benzene rings is 1. The third-order valence-corrected chi connectivity index (χ3v) is 6.28. The number of thiophene rings is 1. The zero-order valence-corrected chi connectivity index (χ0v) is 17.5. The second-order valence-electron chi connectivity index (χ2n) is 7.34. The first kappa shape index (κ1) is 20.6. The van der Waals surface area contributed by atoms with Gasteiger partial charge in [-0.2, -0.15) is 0 Å². The Labute approximate surface area is 170 Å². The highest BCUT2D eigenvalue weighted by atomic mass is 32.1. The molecule has 1 aromatic carbocycles. The van der Waals surface area contributed by atoms with Gasteiger partial charge in [0.15, 0.2) is 0 Å². The van der Waals surface area contributed by atoms with Crippen LogP contribution in [0, 0.1) is 5.92 Å². The predicted molar refractivity (Wildman–Crippen MR) is 113 cm³/mol. The van der Waals surface area contributed by atoms with Crippen LogP contribution in [0.5, 0.6) is 0 Å². The van der Waals surface area contributed by atoms with Crippen LogP contribution in [0.25, 0.3) is 0 Å². The molecule has 1 heterocycles. The molecule has 6 heteroatoms. The number of fused-ring (bicyclic) bond motifs is 1. The standard InChI is InChI=1S/C22H28N2O3S/c1-4-27-22(26)20-17-11-10-14(2)12-18(17)28-21(20)24-19(25)13-23-15(3)16-8-6-5-7-9-16/h5-9,14-15,23H,4,10-13H2,1-3H3,(H,24,25)/t14-,15+/m0/s1. The SMILES string of the molecule is CCOC(=O)c1c(NC(=O)CN[C@H](C)c2ccccc2)sc2c1CC[C@H](C)C2. The van der Waals surface area contributed by atoms with Gasteiger partial charge in [-0.05, 0) is 50.2 Å². The van der Waals surface area contributed by atoms with Crippen molar-refractivity contribution in [2.24, 2.45) is 5.92 Å². The Hall–Kier alpha value is -2.18. The largest absolute Gasteiger partial charge is 0.462 e. The predicted octanol–water partition coefficient (Wildman–Crippen LogP) is 4.34. The Balaban J connectivity index is 1.70. The zero-order valence-electron chi connectivity index (χ0n) is 16.7. The average Bonchev–Trinajstić information content (AvgIpc) is 3.03. The van der Waals surface area contributed by atoms with Crippen molar-refractivity contribution in [3.8, 4) is 0 Å². The van der Waals surface area contributed by atoms with E-state index in [-0.39, 0.29) is 24.5 Å². The van der Waals surface area contributed by atoms with Gasteiger partial charge in [-0.25, -0.2) is 4.79 Å². The lowest BCUT2D eigenvalue weighted by molar-refractivity contribution is -0.115. The molecule has 1 aliphatic rings. The van der Waals surface area contributed by atoms with Gasteiger partial charge < -0.3 is 15.4 Å². The summed E-state index contributed by atoms with van der Waals surface area (Å²) in [5, 5.41) is 6.80. The third-order valence-electron chi connectivity index (χ3n) is 5.11. The quantitative estimate of drug-likeness (QED) is 0.679. The van der Waals surface area contributed by atoms with E-state index in [0.717, 1.165) is 30.4 Å². The minimum atomic E-state index is -0.338. The molecule has 1 aliphatic carbocycles. The number of hydrogen-bond acceptors (Lipinski definition) is 5. The van der Waals surface area contributed by atoms with E-state index in [1.165, 1.54) is 16.2 Å². The Bertz CT molecular complexity index is 832. The van der Waals surface area contributed by atoms with E-state index in [1.807, 2.05) is 37.3 Å². The second-order valence-corrected chi connectivity index (χ2v) is 8.44. The first-order valence-electron chi connectivity index (χ1n) is 9.89. The molecule has 2 atom stereocenters. The molecule has 28 heavy (non-hydrogen) atoms. The van der Waals surface area contributed by atoms with Crippen molar-refractivity contribution in [1.82, 2.24) is 5.32 Å². The minimum absolute atomic E-state index is 0.0638. The molecule has 0 fully saturated rings. The van der Waals surface area contributed by atoms with Crippen LogP contribution in [0.1, 0.15) is 59.6 Å². The van der Waals surface area contributed by atoms with Crippen molar-refractivity contribution >= 4 is 28.2 Å².